The highest BCUT2D eigenvalue weighted by atomic mass is 16.5. The van der Waals surface area contributed by atoms with Crippen LogP contribution in [0.25, 0.3) is 0 Å². The van der Waals surface area contributed by atoms with Gasteiger partial charge in [0, 0.05) is 25.2 Å². The molecular formula is C16H21N3O2. The van der Waals surface area contributed by atoms with E-state index in [0.717, 1.165) is 25.3 Å². The molecule has 0 N–H and O–H groups in total. The van der Waals surface area contributed by atoms with Crippen molar-refractivity contribution in [2.24, 2.45) is 0 Å². The third-order valence-electron chi connectivity index (χ3n) is 3.57. The Hall–Kier alpha value is -1.90. The fourth-order valence-corrected chi connectivity index (χ4v) is 2.56. The van der Waals surface area contributed by atoms with Gasteiger partial charge in [-0.05, 0) is 39.2 Å². The SMILES string of the molecule is CC(=O)c1ccc(C#N)c(N2CCOC(CN(C)C)C2)c1. The van der Waals surface area contributed by atoms with Gasteiger partial charge in [0.25, 0.3) is 0 Å². The monoisotopic (exact) mass is 287 g/mol. The van der Waals surface area contributed by atoms with Crippen LogP contribution in [-0.4, -0.2) is 57.1 Å². The summed E-state index contributed by atoms with van der Waals surface area (Å²) in [4.78, 5) is 15.8. The topological polar surface area (TPSA) is 56.6 Å². The van der Waals surface area contributed by atoms with Crippen LogP contribution in [0.3, 0.4) is 0 Å². The second kappa shape index (κ2) is 6.70. The lowest BCUT2D eigenvalue weighted by Crippen LogP contribution is -2.46. The maximum atomic E-state index is 11.6. The first-order valence-electron chi connectivity index (χ1n) is 7.07. The molecule has 0 saturated carbocycles. The molecule has 5 heteroatoms. The summed E-state index contributed by atoms with van der Waals surface area (Å²) in [6.07, 6.45) is 0.112. The molecule has 112 valence electrons. The minimum absolute atomic E-state index is 0.0128. The lowest BCUT2D eigenvalue weighted by atomic mass is 10.1. The zero-order valence-electron chi connectivity index (χ0n) is 12.8. The number of morpholine rings is 1. The van der Waals surface area contributed by atoms with Crippen LogP contribution in [0.15, 0.2) is 18.2 Å². The van der Waals surface area contributed by atoms with Gasteiger partial charge in [-0.15, -0.1) is 0 Å². The number of nitrogens with zero attached hydrogens (tertiary/aromatic N) is 3. The maximum absolute atomic E-state index is 11.6. The Morgan fingerprint density at radius 3 is 2.90 bits per heavy atom. The molecule has 1 aromatic carbocycles. The summed E-state index contributed by atoms with van der Waals surface area (Å²) >= 11 is 0. The van der Waals surface area contributed by atoms with E-state index in [1.54, 1.807) is 19.1 Å². The molecule has 21 heavy (non-hydrogen) atoms. The Labute approximate surface area is 125 Å². The molecule has 0 amide bonds. The Morgan fingerprint density at radius 2 is 2.29 bits per heavy atom. The largest absolute Gasteiger partial charge is 0.373 e. The van der Waals surface area contributed by atoms with Gasteiger partial charge in [-0.2, -0.15) is 5.26 Å². The van der Waals surface area contributed by atoms with E-state index in [9.17, 15) is 10.1 Å². The Bertz CT molecular complexity index is 563. The fourth-order valence-electron chi connectivity index (χ4n) is 2.56. The molecule has 2 rings (SSSR count). The van der Waals surface area contributed by atoms with E-state index in [-0.39, 0.29) is 11.9 Å². The van der Waals surface area contributed by atoms with Gasteiger partial charge in [-0.1, -0.05) is 0 Å². The molecule has 1 fully saturated rings. The molecule has 0 spiro atoms. The highest BCUT2D eigenvalue weighted by Gasteiger charge is 2.23. The van der Waals surface area contributed by atoms with Crippen molar-refractivity contribution in [1.82, 2.24) is 4.90 Å². The number of benzene rings is 1. The van der Waals surface area contributed by atoms with Crippen molar-refractivity contribution in [3.8, 4) is 6.07 Å². The highest BCUT2D eigenvalue weighted by Crippen LogP contribution is 2.24. The quantitative estimate of drug-likeness (QED) is 0.786. The predicted molar refractivity (Wildman–Crippen MR) is 81.7 cm³/mol. The number of hydrogen-bond acceptors (Lipinski definition) is 5. The van der Waals surface area contributed by atoms with Gasteiger partial charge in [0.05, 0.1) is 24.0 Å². The van der Waals surface area contributed by atoms with Crippen molar-refractivity contribution in [2.45, 2.75) is 13.0 Å². The third-order valence-corrected chi connectivity index (χ3v) is 3.57. The van der Waals surface area contributed by atoms with Crippen molar-refractivity contribution in [3.63, 3.8) is 0 Å². The molecule has 1 aliphatic rings. The van der Waals surface area contributed by atoms with Crippen LogP contribution in [0.1, 0.15) is 22.8 Å². The van der Waals surface area contributed by atoms with Crippen LogP contribution in [-0.2, 0) is 4.74 Å². The number of ketones is 1. The molecule has 1 aromatic rings. The van der Waals surface area contributed by atoms with Crippen molar-refractivity contribution < 1.29 is 9.53 Å². The molecule has 1 heterocycles. The number of anilines is 1. The van der Waals surface area contributed by atoms with Gasteiger partial charge < -0.3 is 14.5 Å². The van der Waals surface area contributed by atoms with E-state index in [1.165, 1.54) is 0 Å². The first-order valence-corrected chi connectivity index (χ1v) is 7.07. The standard InChI is InChI=1S/C16H21N3O2/c1-12(20)13-4-5-14(9-17)16(8-13)19-6-7-21-15(11-19)10-18(2)3/h4-5,8,15H,6-7,10-11H2,1-3H3. The van der Waals surface area contributed by atoms with Crippen LogP contribution < -0.4 is 4.90 Å². The second-order valence-corrected chi connectivity index (χ2v) is 5.60. The van der Waals surface area contributed by atoms with Crippen LogP contribution >= 0.6 is 0 Å². The van der Waals surface area contributed by atoms with E-state index >= 15 is 0 Å². The zero-order valence-corrected chi connectivity index (χ0v) is 12.8. The summed E-state index contributed by atoms with van der Waals surface area (Å²) in [5.41, 5.74) is 2.07. The average Bonchev–Trinajstić information content (AvgIpc) is 2.46. The van der Waals surface area contributed by atoms with E-state index in [4.69, 9.17) is 4.74 Å². The normalized spacial score (nSPS) is 18.6. The molecular weight excluding hydrogens is 266 g/mol. The van der Waals surface area contributed by atoms with Crippen molar-refractivity contribution >= 4 is 11.5 Å². The van der Waals surface area contributed by atoms with Crippen LogP contribution in [0.5, 0.6) is 0 Å². The molecule has 1 atom stereocenters. The van der Waals surface area contributed by atoms with E-state index < -0.39 is 0 Å². The van der Waals surface area contributed by atoms with E-state index in [2.05, 4.69) is 15.9 Å². The minimum atomic E-state index is 0.0128. The van der Waals surface area contributed by atoms with Gasteiger partial charge in [0.2, 0.25) is 0 Å². The summed E-state index contributed by atoms with van der Waals surface area (Å²) in [5, 5.41) is 9.29. The summed E-state index contributed by atoms with van der Waals surface area (Å²) in [6.45, 7) is 4.48. The molecule has 1 unspecified atom stereocenters. The van der Waals surface area contributed by atoms with Crippen LogP contribution in [0, 0.1) is 11.3 Å². The van der Waals surface area contributed by atoms with Crippen LogP contribution in [0.2, 0.25) is 0 Å². The fraction of sp³-hybridized carbons (Fsp3) is 0.500. The van der Waals surface area contributed by atoms with Crippen molar-refractivity contribution in [3.05, 3.63) is 29.3 Å². The Kier molecular flexibility index (Phi) is 4.94. The molecule has 0 aromatic heterocycles. The number of hydrogen-bond donors (Lipinski definition) is 0. The molecule has 0 radical (unpaired) electrons. The lowest BCUT2D eigenvalue weighted by molar-refractivity contribution is 0.0247. The zero-order chi connectivity index (χ0) is 15.4. The number of ether oxygens (including phenoxy) is 1. The van der Waals surface area contributed by atoms with Crippen molar-refractivity contribution in [2.75, 3.05) is 45.2 Å². The van der Waals surface area contributed by atoms with Crippen LogP contribution in [0.4, 0.5) is 5.69 Å². The molecule has 1 saturated heterocycles. The maximum Gasteiger partial charge on any atom is 0.159 e. The summed E-state index contributed by atoms with van der Waals surface area (Å²) in [6, 6.07) is 7.46. The summed E-state index contributed by atoms with van der Waals surface area (Å²) < 4.78 is 5.76. The lowest BCUT2D eigenvalue weighted by Gasteiger charge is -2.36. The predicted octanol–water partition coefficient (Wildman–Crippen LogP) is 1.53. The molecule has 0 aliphatic carbocycles. The molecule has 1 aliphatic heterocycles. The van der Waals surface area contributed by atoms with Gasteiger partial charge in [-0.3, -0.25) is 4.79 Å². The van der Waals surface area contributed by atoms with Gasteiger partial charge in [-0.25, -0.2) is 0 Å². The van der Waals surface area contributed by atoms with E-state index in [1.807, 2.05) is 20.2 Å². The first kappa shape index (κ1) is 15.5. The number of carbonyl (C=O) groups excluding carboxylic acids is 1. The second-order valence-electron chi connectivity index (χ2n) is 5.60. The number of likely N-dealkylation sites (N-methyl/N-ethyl adjacent to an activating group) is 1. The summed E-state index contributed by atoms with van der Waals surface area (Å²) in [7, 11) is 4.03. The smallest absolute Gasteiger partial charge is 0.159 e. The number of carbonyl (C=O) groups is 1. The third kappa shape index (κ3) is 3.81. The Balaban J connectivity index is 2.25. The number of nitriles is 1. The minimum Gasteiger partial charge on any atom is -0.373 e. The van der Waals surface area contributed by atoms with E-state index in [0.29, 0.717) is 17.7 Å². The van der Waals surface area contributed by atoms with Gasteiger partial charge in [0.15, 0.2) is 5.78 Å². The number of rotatable bonds is 4. The first-order chi connectivity index (χ1) is 10.0. The molecule has 5 nitrogen and oxygen atoms in total. The Morgan fingerprint density at radius 1 is 1.52 bits per heavy atom. The number of Topliss-reactive ketones (excluding diaryl/α,β-unsaturated/α-hetero) is 1. The van der Waals surface area contributed by atoms with Gasteiger partial charge >= 0.3 is 0 Å². The highest BCUT2D eigenvalue weighted by molar-refractivity contribution is 5.95. The average molecular weight is 287 g/mol. The summed E-state index contributed by atoms with van der Waals surface area (Å²) in [5.74, 6) is 0.0128. The van der Waals surface area contributed by atoms with Gasteiger partial charge in [0.1, 0.15) is 6.07 Å². The molecule has 0 bridgehead atoms. The van der Waals surface area contributed by atoms with Crippen molar-refractivity contribution in [1.29, 1.82) is 5.26 Å².